The van der Waals surface area contributed by atoms with Crippen molar-refractivity contribution in [2.45, 2.75) is 45.6 Å². The van der Waals surface area contributed by atoms with E-state index in [4.69, 9.17) is 11.6 Å². The fourth-order valence-corrected chi connectivity index (χ4v) is 2.63. The first-order chi connectivity index (χ1) is 8.08. The van der Waals surface area contributed by atoms with E-state index in [9.17, 15) is 4.39 Å². The average Bonchev–Trinajstić information content (AvgIpc) is 2.27. The number of hydrogen-bond donors (Lipinski definition) is 1. The van der Waals surface area contributed by atoms with Gasteiger partial charge in [0, 0.05) is 10.5 Å². The molecule has 0 radical (unpaired) electrons. The normalized spacial score (nSPS) is 12.5. The maximum Gasteiger partial charge on any atom is 0.125 e. The molecule has 0 saturated carbocycles. The van der Waals surface area contributed by atoms with Crippen molar-refractivity contribution in [2.75, 3.05) is 5.32 Å². The topological polar surface area (TPSA) is 12.0 Å². The standard InChI is InChI=1S/C13H18BrClFN/c1-3-5-6-10(4-2)17-13-11(14)7-9(16)8-12(13)15/h7-8,10,17H,3-6H2,1-2H3. The van der Waals surface area contributed by atoms with E-state index in [-0.39, 0.29) is 5.82 Å². The van der Waals surface area contributed by atoms with E-state index < -0.39 is 0 Å². The Bertz CT molecular complexity index is 347. The lowest BCUT2D eigenvalue weighted by Gasteiger charge is -2.20. The van der Waals surface area contributed by atoms with E-state index in [0.29, 0.717) is 15.5 Å². The van der Waals surface area contributed by atoms with Crippen LogP contribution < -0.4 is 5.32 Å². The highest BCUT2D eigenvalue weighted by Crippen LogP contribution is 2.32. The number of rotatable bonds is 6. The van der Waals surface area contributed by atoms with Gasteiger partial charge in [0.05, 0.1) is 10.7 Å². The molecule has 0 amide bonds. The summed E-state index contributed by atoms with van der Waals surface area (Å²) in [7, 11) is 0. The summed E-state index contributed by atoms with van der Waals surface area (Å²) in [5.74, 6) is -0.325. The number of unbranched alkanes of at least 4 members (excludes halogenated alkanes) is 1. The first-order valence-corrected chi connectivity index (χ1v) is 7.16. The Morgan fingerprint density at radius 1 is 1.41 bits per heavy atom. The van der Waals surface area contributed by atoms with Gasteiger partial charge >= 0.3 is 0 Å². The smallest absolute Gasteiger partial charge is 0.125 e. The fourth-order valence-electron chi connectivity index (χ4n) is 1.71. The van der Waals surface area contributed by atoms with E-state index in [0.717, 1.165) is 18.5 Å². The maximum atomic E-state index is 13.1. The lowest BCUT2D eigenvalue weighted by atomic mass is 10.1. The van der Waals surface area contributed by atoms with Gasteiger partial charge in [0.2, 0.25) is 0 Å². The summed E-state index contributed by atoms with van der Waals surface area (Å²) in [5, 5.41) is 3.80. The van der Waals surface area contributed by atoms with Crippen molar-refractivity contribution in [3.8, 4) is 0 Å². The summed E-state index contributed by atoms with van der Waals surface area (Å²) in [5.41, 5.74) is 0.788. The van der Waals surface area contributed by atoms with Crippen molar-refractivity contribution in [3.63, 3.8) is 0 Å². The van der Waals surface area contributed by atoms with E-state index in [2.05, 4.69) is 35.1 Å². The second kappa shape index (κ2) is 7.22. The van der Waals surface area contributed by atoms with Crippen LogP contribution in [-0.4, -0.2) is 6.04 Å². The van der Waals surface area contributed by atoms with Gasteiger partial charge in [0.1, 0.15) is 5.82 Å². The third-order valence-corrected chi connectivity index (χ3v) is 3.68. The lowest BCUT2D eigenvalue weighted by molar-refractivity contribution is 0.592. The third kappa shape index (κ3) is 4.47. The van der Waals surface area contributed by atoms with Gasteiger partial charge in [0.25, 0.3) is 0 Å². The molecule has 0 aliphatic carbocycles. The minimum absolute atomic E-state index is 0.325. The van der Waals surface area contributed by atoms with Gasteiger partial charge in [-0.25, -0.2) is 4.39 Å². The molecule has 1 unspecified atom stereocenters. The van der Waals surface area contributed by atoms with E-state index in [1.807, 2.05) is 0 Å². The number of nitrogens with one attached hydrogen (secondary N) is 1. The van der Waals surface area contributed by atoms with Crippen LogP contribution in [0, 0.1) is 5.82 Å². The van der Waals surface area contributed by atoms with Crippen LogP contribution in [0.2, 0.25) is 5.02 Å². The van der Waals surface area contributed by atoms with E-state index in [1.165, 1.54) is 25.0 Å². The predicted molar refractivity (Wildman–Crippen MR) is 76.3 cm³/mol. The molecular formula is C13H18BrClFN. The molecule has 0 aliphatic heterocycles. The summed E-state index contributed by atoms with van der Waals surface area (Å²) >= 11 is 9.37. The quantitative estimate of drug-likeness (QED) is 0.716. The van der Waals surface area contributed by atoms with Crippen LogP contribution in [-0.2, 0) is 0 Å². The molecule has 4 heteroatoms. The highest BCUT2D eigenvalue weighted by Gasteiger charge is 2.12. The summed E-state index contributed by atoms with van der Waals surface area (Å²) < 4.78 is 13.8. The SMILES string of the molecule is CCCCC(CC)Nc1c(Cl)cc(F)cc1Br. The molecule has 0 spiro atoms. The van der Waals surface area contributed by atoms with Crippen LogP contribution in [0.15, 0.2) is 16.6 Å². The predicted octanol–water partition coefficient (Wildman–Crippen LogP) is 5.62. The number of benzene rings is 1. The molecular weight excluding hydrogens is 305 g/mol. The molecule has 1 N–H and O–H groups in total. The molecule has 0 heterocycles. The summed E-state index contributed by atoms with van der Waals surface area (Å²) in [6.45, 7) is 4.31. The van der Waals surface area contributed by atoms with Crippen molar-refractivity contribution in [1.29, 1.82) is 0 Å². The molecule has 17 heavy (non-hydrogen) atoms. The zero-order valence-electron chi connectivity index (χ0n) is 10.2. The molecule has 0 fully saturated rings. The Balaban J connectivity index is 2.78. The highest BCUT2D eigenvalue weighted by molar-refractivity contribution is 9.10. The first-order valence-electron chi connectivity index (χ1n) is 5.99. The van der Waals surface area contributed by atoms with Crippen molar-refractivity contribution < 1.29 is 4.39 Å². The van der Waals surface area contributed by atoms with Crippen molar-refractivity contribution >= 4 is 33.2 Å². The molecule has 1 atom stereocenters. The fraction of sp³-hybridized carbons (Fsp3) is 0.538. The van der Waals surface area contributed by atoms with E-state index in [1.54, 1.807) is 0 Å². The Morgan fingerprint density at radius 3 is 2.65 bits per heavy atom. The van der Waals surface area contributed by atoms with Gasteiger partial charge in [0.15, 0.2) is 0 Å². The zero-order valence-corrected chi connectivity index (χ0v) is 12.5. The molecule has 1 nitrogen and oxygen atoms in total. The summed E-state index contributed by atoms with van der Waals surface area (Å²) in [6.07, 6.45) is 4.49. The second-order valence-corrected chi connectivity index (χ2v) is 5.40. The Kier molecular flexibility index (Phi) is 6.28. The van der Waals surface area contributed by atoms with Crippen molar-refractivity contribution in [3.05, 3.63) is 27.4 Å². The monoisotopic (exact) mass is 321 g/mol. The number of halogens is 3. The molecule has 0 aliphatic rings. The second-order valence-electron chi connectivity index (χ2n) is 4.14. The van der Waals surface area contributed by atoms with Crippen LogP contribution in [0.4, 0.5) is 10.1 Å². The van der Waals surface area contributed by atoms with Crippen molar-refractivity contribution in [1.82, 2.24) is 0 Å². The number of anilines is 1. The summed E-state index contributed by atoms with van der Waals surface area (Å²) in [6, 6.07) is 3.15. The Hall–Kier alpha value is -0.280. The maximum absolute atomic E-state index is 13.1. The van der Waals surface area contributed by atoms with Gasteiger partial charge in [-0.1, -0.05) is 38.3 Å². The van der Waals surface area contributed by atoms with Crippen LogP contribution >= 0.6 is 27.5 Å². The molecule has 0 bridgehead atoms. The molecule has 1 aromatic rings. The third-order valence-electron chi connectivity index (χ3n) is 2.75. The number of hydrogen-bond acceptors (Lipinski definition) is 1. The van der Waals surface area contributed by atoms with Gasteiger partial charge in [-0.15, -0.1) is 0 Å². The van der Waals surface area contributed by atoms with Crippen LogP contribution in [0.25, 0.3) is 0 Å². The summed E-state index contributed by atoms with van der Waals surface area (Å²) in [4.78, 5) is 0. The van der Waals surface area contributed by atoms with Gasteiger partial charge < -0.3 is 5.32 Å². The Labute approximate surface area is 116 Å². The largest absolute Gasteiger partial charge is 0.380 e. The molecule has 96 valence electrons. The first kappa shape index (κ1) is 14.8. The van der Waals surface area contributed by atoms with Crippen LogP contribution in [0.3, 0.4) is 0 Å². The minimum atomic E-state index is -0.325. The molecule has 0 aromatic heterocycles. The molecule has 1 aromatic carbocycles. The lowest BCUT2D eigenvalue weighted by Crippen LogP contribution is -2.18. The minimum Gasteiger partial charge on any atom is -0.380 e. The molecule has 1 rings (SSSR count). The van der Waals surface area contributed by atoms with Gasteiger partial charge in [-0.05, 0) is 40.9 Å². The van der Waals surface area contributed by atoms with Gasteiger partial charge in [-0.3, -0.25) is 0 Å². The van der Waals surface area contributed by atoms with Gasteiger partial charge in [-0.2, -0.15) is 0 Å². The van der Waals surface area contributed by atoms with Crippen LogP contribution in [0.1, 0.15) is 39.5 Å². The van der Waals surface area contributed by atoms with E-state index >= 15 is 0 Å². The molecule has 0 saturated heterocycles. The average molecular weight is 323 g/mol. The zero-order chi connectivity index (χ0) is 12.8. The van der Waals surface area contributed by atoms with Crippen molar-refractivity contribution in [2.24, 2.45) is 0 Å². The Morgan fingerprint density at radius 2 is 2.12 bits per heavy atom. The highest BCUT2D eigenvalue weighted by atomic mass is 79.9. The van der Waals surface area contributed by atoms with Crippen LogP contribution in [0.5, 0.6) is 0 Å².